The number of amides is 1. The van der Waals surface area contributed by atoms with Gasteiger partial charge in [0.05, 0.1) is 12.7 Å². The Bertz CT molecular complexity index is 914. The van der Waals surface area contributed by atoms with Gasteiger partial charge in [0.1, 0.15) is 5.82 Å². The number of amidine groups is 1. The Labute approximate surface area is 162 Å². The lowest BCUT2D eigenvalue weighted by atomic mass is 9.92. The Morgan fingerprint density at radius 1 is 1.14 bits per heavy atom. The average Bonchev–Trinajstić information content (AvgIpc) is 3.20. The minimum Gasteiger partial charge on any atom is -0.409 e. The predicted octanol–water partition coefficient (Wildman–Crippen LogP) is 3.64. The van der Waals surface area contributed by atoms with Gasteiger partial charge in [0.2, 0.25) is 0 Å². The van der Waals surface area contributed by atoms with Gasteiger partial charge in [0, 0.05) is 36.0 Å². The van der Waals surface area contributed by atoms with Crippen molar-refractivity contribution in [1.82, 2.24) is 9.88 Å². The summed E-state index contributed by atoms with van der Waals surface area (Å²) in [6.45, 7) is 3.69. The number of benzene rings is 1. The van der Waals surface area contributed by atoms with Gasteiger partial charge in [-0.1, -0.05) is 0 Å². The van der Waals surface area contributed by atoms with Crippen LogP contribution in [0.25, 0.3) is 0 Å². The molecule has 2 aliphatic heterocycles. The van der Waals surface area contributed by atoms with E-state index in [4.69, 9.17) is 4.74 Å². The van der Waals surface area contributed by atoms with Crippen molar-refractivity contribution in [2.24, 2.45) is 15.9 Å². The molecule has 6 nitrogen and oxygen atoms in total. The van der Waals surface area contributed by atoms with E-state index >= 15 is 0 Å². The number of hydrogen-bond acceptors (Lipinski definition) is 5. The Balaban J connectivity index is 1.32. The number of likely N-dealkylation sites (tertiary alicyclic amines) is 1. The SMILES string of the molecule is Cc1ccc(OC(=O)N2CCC(C3=NC(c4ccc(F)cc4)=NC3)CC2)cn1. The fourth-order valence-corrected chi connectivity index (χ4v) is 3.41. The third kappa shape index (κ3) is 4.08. The van der Waals surface area contributed by atoms with Crippen molar-refractivity contribution in [2.75, 3.05) is 19.6 Å². The molecule has 0 bridgehead atoms. The molecule has 0 radical (unpaired) electrons. The lowest BCUT2D eigenvalue weighted by Crippen LogP contribution is -2.41. The predicted molar refractivity (Wildman–Crippen MR) is 105 cm³/mol. The van der Waals surface area contributed by atoms with Crippen LogP contribution in [0.4, 0.5) is 9.18 Å². The van der Waals surface area contributed by atoms with Crippen LogP contribution in [0.15, 0.2) is 52.6 Å². The lowest BCUT2D eigenvalue weighted by molar-refractivity contribution is 0.137. The normalized spacial score (nSPS) is 17.3. The van der Waals surface area contributed by atoms with Gasteiger partial charge >= 0.3 is 6.09 Å². The van der Waals surface area contributed by atoms with Gasteiger partial charge < -0.3 is 9.64 Å². The summed E-state index contributed by atoms with van der Waals surface area (Å²) in [5.74, 6) is 1.14. The summed E-state index contributed by atoms with van der Waals surface area (Å²) >= 11 is 0. The van der Waals surface area contributed by atoms with Gasteiger partial charge in [-0.15, -0.1) is 0 Å². The molecule has 1 saturated heterocycles. The van der Waals surface area contributed by atoms with Gasteiger partial charge in [-0.2, -0.15) is 0 Å². The number of nitrogens with zero attached hydrogens (tertiary/aromatic N) is 4. The van der Waals surface area contributed by atoms with Crippen LogP contribution in [0.1, 0.15) is 24.1 Å². The molecule has 1 aromatic carbocycles. The molecule has 28 heavy (non-hydrogen) atoms. The third-order valence-electron chi connectivity index (χ3n) is 5.06. The standard InChI is InChI=1S/C21H21FN4O2/c1-14-2-7-18(12-23-14)28-21(27)26-10-8-15(9-11-26)19-13-24-20(25-19)16-3-5-17(22)6-4-16/h2-7,12,15H,8-11,13H2,1H3. The highest BCUT2D eigenvalue weighted by Gasteiger charge is 2.28. The lowest BCUT2D eigenvalue weighted by Gasteiger charge is -2.31. The number of aliphatic imine (C=N–C) groups is 2. The van der Waals surface area contributed by atoms with Gasteiger partial charge in [0.25, 0.3) is 0 Å². The van der Waals surface area contributed by atoms with Crippen molar-refractivity contribution >= 4 is 17.6 Å². The fraction of sp³-hybridized carbons (Fsp3) is 0.333. The van der Waals surface area contributed by atoms with Crippen LogP contribution in [-0.2, 0) is 0 Å². The Morgan fingerprint density at radius 3 is 2.57 bits per heavy atom. The first kappa shape index (κ1) is 18.3. The highest BCUT2D eigenvalue weighted by atomic mass is 19.1. The Hall–Kier alpha value is -3.09. The summed E-state index contributed by atoms with van der Waals surface area (Å²) in [6, 6.07) is 9.77. The number of carbonyl (C=O) groups is 1. The molecule has 1 aromatic heterocycles. The molecule has 1 amide bonds. The Kier molecular flexibility index (Phi) is 5.14. The van der Waals surface area contributed by atoms with E-state index in [0.717, 1.165) is 29.8 Å². The van der Waals surface area contributed by atoms with Crippen molar-refractivity contribution < 1.29 is 13.9 Å². The molecule has 0 unspecified atom stereocenters. The van der Waals surface area contributed by atoms with Crippen LogP contribution in [0, 0.1) is 18.7 Å². The maximum absolute atomic E-state index is 13.1. The molecule has 0 spiro atoms. The van der Waals surface area contributed by atoms with Crippen LogP contribution in [0.5, 0.6) is 5.75 Å². The second kappa shape index (κ2) is 7.88. The fourth-order valence-electron chi connectivity index (χ4n) is 3.41. The smallest absolute Gasteiger partial charge is 0.409 e. The van der Waals surface area contributed by atoms with E-state index in [1.54, 1.807) is 29.3 Å². The van der Waals surface area contributed by atoms with E-state index in [2.05, 4.69) is 15.0 Å². The minimum absolute atomic E-state index is 0.271. The van der Waals surface area contributed by atoms with Gasteiger partial charge in [-0.3, -0.25) is 9.98 Å². The summed E-state index contributed by atoms with van der Waals surface area (Å²) in [4.78, 5) is 27.3. The molecule has 0 atom stereocenters. The summed E-state index contributed by atoms with van der Waals surface area (Å²) in [6.07, 6.45) is 2.86. The van der Waals surface area contributed by atoms with Crippen LogP contribution >= 0.6 is 0 Å². The zero-order valence-corrected chi connectivity index (χ0v) is 15.6. The van der Waals surface area contributed by atoms with E-state index in [1.165, 1.54) is 12.1 Å². The molecule has 0 saturated carbocycles. The largest absolute Gasteiger partial charge is 0.415 e. The molecule has 144 valence electrons. The number of halogens is 1. The third-order valence-corrected chi connectivity index (χ3v) is 5.06. The highest BCUT2D eigenvalue weighted by Crippen LogP contribution is 2.23. The molecular weight excluding hydrogens is 359 g/mol. The Morgan fingerprint density at radius 2 is 1.89 bits per heavy atom. The molecule has 4 rings (SSSR count). The van der Waals surface area contributed by atoms with Gasteiger partial charge in [-0.25, -0.2) is 14.2 Å². The van der Waals surface area contributed by atoms with Gasteiger partial charge in [0.15, 0.2) is 11.6 Å². The molecule has 1 fully saturated rings. The average molecular weight is 380 g/mol. The maximum atomic E-state index is 13.1. The van der Waals surface area contributed by atoms with E-state index < -0.39 is 0 Å². The molecular formula is C21H21FN4O2. The maximum Gasteiger partial charge on any atom is 0.415 e. The molecule has 7 heteroatoms. The first-order valence-electron chi connectivity index (χ1n) is 9.36. The number of carbonyl (C=O) groups excluding carboxylic acids is 1. The van der Waals surface area contributed by atoms with Crippen LogP contribution < -0.4 is 4.74 Å². The number of rotatable bonds is 3. The topological polar surface area (TPSA) is 67.2 Å². The zero-order valence-electron chi connectivity index (χ0n) is 15.6. The first-order valence-corrected chi connectivity index (χ1v) is 9.36. The summed E-state index contributed by atoms with van der Waals surface area (Å²) in [7, 11) is 0. The van der Waals surface area contributed by atoms with Crippen molar-refractivity contribution in [2.45, 2.75) is 19.8 Å². The van der Waals surface area contributed by atoms with Crippen molar-refractivity contribution in [1.29, 1.82) is 0 Å². The zero-order chi connectivity index (χ0) is 19.5. The van der Waals surface area contributed by atoms with E-state index in [0.29, 0.717) is 37.1 Å². The van der Waals surface area contributed by atoms with Crippen molar-refractivity contribution in [3.8, 4) is 5.75 Å². The number of hydrogen-bond donors (Lipinski definition) is 0. The monoisotopic (exact) mass is 380 g/mol. The number of pyridine rings is 1. The van der Waals surface area contributed by atoms with Crippen LogP contribution in [0.3, 0.4) is 0 Å². The van der Waals surface area contributed by atoms with E-state index in [9.17, 15) is 9.18 Å². The molecule has 0 aliphatic carbocycles. The highest BCUT2D eigenvalue weighted by molar-refractivity contribution is 6.12. The minimum atomic E-state index is -0.347. The number of aryl methyl sites for hydroxylation is 1. The second-order valence-electron chi connectivity index (χ2n) is 7.01. The van der Waals surface area contributed by atoms with Gasteiger partial charge in [-0.05, 0) is 56.2 Å². The molecule has 2 aromatic rings. The molecule has 3 heterocycles. The molecule has 2 aliphatic rings. The van der Waals surface area contributed by atoms with Crippen molar-refractivity contribution in [3.63, 3.8) is 0 Å². The number of ether oxygens (including phenoxy) is 1. The van der Waals surface area contributed by atoms with Crippen LogP contribution in [-0.4, -0.2) is 47.2 Å². The van der Waals surface area contributed by atoms with E-state index in [-0.39, 0.29) is 11.9 Å². The first-order chi connectivity index (χ1) is 13.6. The number of aromatic nitrogens is 1. The number of piperidine rings is 1. The second-order valence-corrected chi connectivity index (χ2v) is 7.01. The molecule has 0 N–H and O–H groups in total. The van der Waals surface area contributed by atoms with E-state index in [1.807, 2.05) is 13.0 Å². The summed E-state index contributed by atoms with van der Waals surface area (Å²) in [5, 5.41) is 0. The summed E-state index contributed by atoms with van der Waals surface area (Å²) in [5.41, 5.74) is 2.74. The summed E-state index contributed by atoms with van der Waals surface area (Å²) < 4.78 is 18.5. The quantitative estimate of drug-likeness (QED) is 0.816. The van der Waals surface area contributed by atoms with Crippen LogP contribution in [0.2, 0.25) is 0 Å². The van der Waals surface area contributed by atoms with Crippen molar-refractivity contribution in [3.05, 3.63) is 59.7 Å².